The maximum absolute atomic E-state index is 10.3. The Morgan fingerprint density at radius 2 is 2.32 bits per heavy atom. The van der Waals surface area contributed by atoms with Gasteiger partial charge >= 0.3 is 0 Å². The Bertz CT molecular complexity index is 430. The van der Waals surface area contributed by atoms with Crippen LogP contribution >= 0.6 is 23.5 Å². The minimum Gasteiger partial charge on any atom is -0.493 e. The van der Waals surface area contributed by atoms with Crippen molar-refractivity contribution in [3.63, 3.8) is 0 Å². The van der Waals surface area contributed by atoms with Crippen LogP contribution in [-0.2, 0) is 12.8 Å². The van der Waals surface area contributed by atoms with Gasteiger partial charge in [-0.2, -0.15) is 23.5 Å². The van der Waals surface area contributed by atoms with E-state index in [2.05, 4.69) is 18.2 Å². The summed E-state index contributed by atoms with van der Waals surface area (Å²) in [4.78, 5) is 0. The average molecular weight is 296 g/mol. The topological polar surface area (TPSA) is 29.5 Å². The molecule has 1 saturated heterocycles. The molecule has 3 rings (SSSR count). The molecule has 0 bridgehead atoms. The van der Waals surface area contributed by atoms with Gasteiger partial charge in [-0.15, -0.1) is 0 Å². The summed E-state index contributed by atoms with van der Waals surface area (Å²) in [6.07, 6.45) is 2.71. The molecule has 0 aromatic heterocycles. The molecule has 0 saturated carbocycles. The van der Waals surface area contributed by atoms with Crippen LogP contribution in [0.5, 0.6) is 5.75 Å². The van der Waals surface area contributed by atoms with E-state index in [1.165, 1.54) is 22.6 Å². The van der Waals surface area contributed by atoms with Crippen LogP contribution in [0.3, 0.4) is 0 Å². The molecule has 1 aromatic carbocycles. The fourth-order valence-corrected chi connectivity index (χ4v) is 5.44. The first-order valence-corrected chi connectivity index (χ1v) is 9.15. The van der Waals surface area contributed by atoms with Gasteiger partial charge in [0.05, 0.1) is 12.7 Å². The van der Waals surface area contributed by atoms with Crippen molar-refractivity contribution in [1.29, 1.82) is 0 Å². The summed E-state index contributed by atoms with van der Waals surface area (Å²) in [7, 11) is 0. The lowest BCUT2D eigenvalue weighted by Gasteiger charge is -2.25. The van der Waals surface area contributed by atoms with Crippen LogP contribution in [0.25, 0.3) is 0 Å². The van der Waals surface area contributed by atoms with E-state index in [1.54, 1.807) is 0 Å². The summed E-state index contributed by atoms with van der Waals surface area (Å²) >= 11 is 3.91. The number of fused-ring (bicyclic) bond motifs is 1. The summed E-state index contributed by atoms with van der Waals surface area (Å²) in [6, 6.07) is 6.46. The zero-order chi connectivity index (χ0) is 13.1. The van der Waals surface area contributed by atoms with Crippen LogP contribution in [0.2, 0.25) is 0 Å². The molecular formula is C15H20O2S2. The molecule has 0 aliphatic carbocycles. The number of aliphatic hydroxyl groups excluding tert-OH is 1. The zero-order valence-electron chi connectivity index (χ0n) is 11.0. The lowest BCUT2D eigenvalue weighted by Crippen LogP contribution is -2.29. The second-order valence-corrected chi connectivity index (χ2v) is 7.63. The summed E-state index contributed by atoms with van der Waals surface area (Å²) in [6.45, 7) is 0.817. The molecule has 0 radical (unpaired) electrons. The molecule has 0 spiro atoms. The van der Waals surface area contributed by atoms with Gasteiger partial charge in [-0.1, -0.05) is 12.1 Å². The van der Waals surface area contributed by atoms with Crippen LogP contribution in [-0.4, -0.2) is 40.3 Å². The van der Waals surface area contributed by atoms with E-state index in [0.717, 1.165) is 37.4 Å². The summed E-state index contributed by atoms with van der Waals surface area (Å²) < 4.78 is 5.52. The van der Waals surface area contributed by atoms with Gasteiger partial charge in [0.2, 0.25) is 0 Å². The van der Waals surface area contributed by atoms with Gasteiger partial charge in [-0.25, -0.2) is 0 Å². The maximum Gasteiger partial charge on any atom is 0.122 e. The molecule has 2 atom stereocenters. The number of aryl methyl sites for hydroxylation is 1. The van der Waals surface area contributed by atoms with Crippen molar-refractivity contribution in [1.82, 2.24) is 0 Å². The number of hydrogen-bond acceptors (Lipinski definition) is 4. The standard InChI is InChI=1S/C15H20O2S2/c16-13(15-10-18-7-8-19-15)3-1-11-2-4-14-12(9-11)5-6-17-14/h2,4,9,13,15-16H,1,3,5-8,10H2. The van der Waals surface area contributed by atoms with Gasteiger partial charge in [0.15, 0.2) is 0 Å². The van der Waals surface area contributed by atoms with Crippen molar-refractivity contribution in [2.45, 2.75) is 30.6 Å². The Hall–Kier alpha value is -0.320. The molecule has 2 aliphatic heterocycles. The smallest absolute Gasteiger partial charge is 0.122 e. The van der Waals surface area contributed by atoms with E-state index in [1.807, 2.05) is 23.5 Å². The number of benzene rings is 1. The molecule has 2 nitrogen and oxygen atoms in total. The van der Waals surface area contributed by atoms with E-state index in [-0.39, 0.29) is 6.10 Å². The largest absolute Gasteiger partial charge is 0.493 e. The molecule has 1 N–H and O–H groups in total. The molecule has 104 valence electrons. The lowest BCUT2D eigenvalue weighted by molar-refractivity contribution is 0.167. The molecule has 2 heterocycles. The van der Waals surface area contributed by atoms with Gasteiger partial charge < -0.3 is 9.84 Å². The Labute approximate surface area is 123 Å². The Morgan fingerprint density at radius 1 is 1.37 bits per heavy atom. The van der Waals surface area contributed by atoms with Gasteiger partial charge in [0.25, 0.3) is 0 Å². The lowest BCUT2D eigenvalue weighted by atomic mass is 10.0. The van der Waals surface area contributed by atoms with Crippen molar-refractivity contribution < 1.29 is 9.84 Å². The van der Waals surface area contributed by atoms with Gasteiger partial charge in [0.1, 0.15) is 5.75 Å². The molecule has 2 aliphatic rings. The number of ether oxygens (including phenoxy) is 1. The zero-order valence-corrected chi connectivity index (χ0v) is 12.6. The second-order valence-electron chi connectivity index (χ2n) is 5.13. The third-order valence-corrected chi connectivity index (χ3v) is 6.66. The number of rotatable bonds is 4. The summed E-state index contributed by atoms with van der Waals surface area (Å²) in [5.41, 5.74) is 2.66. The Morgan fingerprint density at radius 3 is 3.16 bits per heavy atom. The third-order valence-electron chi connectivity index (χ3n) is 3.75. The average Bonchev–Trinajstić information content (AvgIpc) is 2.93. The van der Waals surface area contributed by atoms with Crippen LogP contribution in [0.4, 0.5) is 0 Å². The van der Waals surface area contributed by atoms with Gasteiger partial charge in [-0.05, 0) is 30.0 Å². The second kappa shape index (κ2) is 6.42. The van der Waals surface area contributed by atoms with E-state index >= 15 is 0 Å². The predicted molar refractivity (Wildman–Crippen MR) is 83.5 cm³/mol. The first-order chi connectivity index (χ1) is 9.33. The molecule has 1 fully saturated rings. The minimum absolute atomic E-state index is 0.165. The SMILES string of the molecule is OC(CCc1ccc2c(c1)CCO2)C1CSCCS1. The van der Waals surface area contributed by atoms with Crippen LogP contribution in [0.1, 0.15) is 17.5 Å². The summed E-state index contributed by atoms with van der Waals surface area (Å²) in [5, 5.41) is 10.7. The highest BCUT2D eigenvalue weighted by molar-refractivity contribution is 8.06. The maximum atomic E-state index is 10.3. The monoisotopic (exact) mass is 296 g/mol. The minimum atomic E-state index is -0.165. The summed E-state index contributed by atoms with van der Waals surface area (Å²) in [5.74, 6) is 4.56. The van der Waals surface area contributed by atoms with E-state index < -0.39 is 0 Å². The number of thioether (sulfide) groups is 2. The third kappa shape index (κ3) is 3.41. The molecular weight excluding hydrogens is 276 g/mol. The quantitative estimate of drug-likeness (QED) is 0.925. The van der Waals surface area contributed by atoms with Crippen molar-refractivity contribution in [3.8, 4) is 5.75 Å². The fourth-order valence-electron chi connectivity index (χ4n) is 2.62. The highest BCUT2D eigenvalue weighted by Crippen LogP contribution is 2.29. The first kappa shape index (κ1) is 13.7. The highest BCUT2D eigenvalue weighted by atomic mass is 32.2. The fraction of sp³-hybridized carbons (Fsp3) is 0.600. The van der Waals surface area contributed by atoms with Crippen LogP contribution in [0.15, 0.2) is 18.2 Å². The van der Waals surface area contributed by atoms with E-state index in [9.17, 15) is 5.11 Å². The predicted octanol–water partition coefficient (Wildman–Crippen LogP) is 2.76. The van der Waals surface area contributed by atoms with Gasteiger partial charge in [-0.3, -0.25) is 0 Å². The first-order valence-electron chi connectivity index (χ1n) is 6.95. The van der Waals surface area contributed by atoms with E-state index in [4.69, 9.17) is 4.74 Å². The molecule has 1 aromatic rings. The van der Waals surface area contributed by atoms with Crippen molar-refractivity contribution >= 4 is 23.5 Å². The Kier molecular flexibility index (Phi) is 4.61. The molecule has 0 amide bonds. The highest BCUT2D eigenvalue weighted by Gasteiger charge is 2.22. The number of hydrogen-bond donors (Lipinski definition) is 1. The van der Waals surface area contributed by atoms with Crippen LogP contribution in [0, 0.1) is 0 Å². The normalized spacial score (nSPS) is 23.7. The van der Waals surface area contributed by atoms with Crippen LogP contribution < -0.4 is 4.74 Å². The van der Waals surface area contributed by atoms with Crippen molar-refractivity contribution in [3.05, 3.63) is 29.3 Å². The molecule has 19 heavy (non-hydrogen) atoms. The molecule has 4 heteroatoms. The van der Waals surface area contributed by atoms with Crippen molar-refractivity contribution in [2.75, 3.05) is 23.9 Å². The number of aliphatic hydroxyl groups is 1. The van der Waals surface area contributed by atoms with E-state index in [0.29, 0.717) is 5.25 Å². The Balaban J connectivity index is 1.53. The van der Waals surface area contributed by atoms with Gasteiger partial charge in [0, 0.05) is 28.9 Å². The molecule has 2 unspecified atom stereocenters. The van der Waals surface area contributed by atoms with Crippen molar-refractivity contribution in [2.24, 2.45) is 0 Å².